The van der Waals surface area contributed by atoms with Gasteiger partial charge < -0.3 is 0 Å². The summed E-state index contributed by atoms with van der Waals surface area (Å²) in [5.41, 5.74) is 3.69. The van der Waals surface area contributed by atoms with E-state index in [-0.39, 0.29) is 5.82 Å². The van der Waals surface area contributed by atoms with Crippen LogP contribution in [0.1, 0.15) is 36.6 Å². The zero-order valence-corrected chi connectivity index (χ0v) is 15.6. The zero-order valence-electron chi connectivity index (χ0n) is 15.6. The van der Waals surface area contributed by atoms with Crippen molar-refractivity contribution in [1.82, 2.24) is 14.8 Å². The number of nitrogens with zero attached hydrogens (tertiary/aromatic N) is 3. The Morgan fingerprint density at radius 3 is 2.50 bits per heavy atom. The van der Waals surface area contributed by atoms with Gasteiger partial charge in [0.05, 0.1) is 5.69 Å². The first-order valence-corrected chi connectivity index (χ1v) is 9.84. The van der Waals surface area contributed by atoms with Gasteiger partial charge in [-0.1, -0.05) is 25.1 Å². The van der Waals surface area contributed by atoms with Crippen molar-refractivity contribution in [3.8, 4) is 0 Å². The van der Waals surface area contributed by atoms with Crippen molar-refractivity contribution in [3.05, 3.63) is 65.2 Å². The Morgan fingerprint density at radius 2 is 1.77 bits per heavy atom. The van der Waals surface area contributed by atoms with Crippen molar-refractivity contribution in [2.45, 2.75) is 45.3 Å². The minimum absolute atomic E-state index is 0.155. The Morgan fingerprint density at radius 1 is 0.962 bits per heavy atom. The van der Waals surface area contributed by atoms with Crippen molar-refractivity contribution in [2.75, 3.05) is 19.6 Å². The topological polar surface area (TPSA) is 19.4 Å². The molecule has 5 rings (SSSR count). The van der Waals surface area contributed by atoms with Crippen LogP contribution in [0.25, 0.3) is 0 Å². The third kappa shape index (κ3) is 4.13. The monoisotopic (exact) mass is 353 g/mol. The van der Waals surface area contributed by atoms with Crippen LogP contribution in [0.3, 0.4) is 0 Å². The fraction of sp³-hybridized carbons (Fsp3) is 0.500. The van der Waals surface area contributed by atoms with Crippen LogP contribution in [0.5, 0.6) is 0 Å². The summed E-state index contributed by atoms with van der Waals surface area (Å²) in [6, 6.07) is 12.0. The number of aromatic nitrogens is 1. The molecule has 3 aliphatic heterocycles. The molecule has 1 aromatic heterocycles. The number of halogens is 1. The van der Waals surface area contributed by atoms with E-state index in [0.717, 1.165) is 38.5 Å². The number of pyridine rings is 1. The Labute approximate surface area is 155 Å². The van der Waals surface area contributed by atoms with Crippen molar-refractivity contribution in [2.24, 2.45) is 5.92 Å². The molecule has 26 heavy (non-hydrogen) atoms. The lowest BCUT2D eigenvalue weighted by Gasteiger charge is -2.36. The molecule has 0 amide bonds. The molecule has 0 aliphatic carbocycles. The van der Waals surface area contributed by atoms with Crippen LogP contribution in [-0.4, -0.2) is 40.5 Å². The Balaban J connectivity index is 1.41. The smallest absolute Gasteiger partial charge is 0.123 e. The number of rotatable bonds is 5. The van der Waals surface area contributed by atoms with Gasteiger partial charge in [0.25, 0.3) is 0 Å². The normalized spacial score (nSPS) is 23.9. The van der Waals surface area contributed by atoms with Crippen molar-refractivity contribution in [3.63, 3.8) is 0 Å². The molecule has 138 valence electrons. The lowest BCUT2D eigenvalue weighted by atomic mass is 9.95. The molecule has 2 aromatic rings. The van der Waals surface area contributed by atoms with E-state index in [0.29, 0.717) is 6.04 Å². The molecule has 0 spiro atoms. The predicted octanol–water partition coefficient (Wildman–Crippen LogP) is 3.88. The molecule has 3 nitrogen and oxygen atoms in total. The van der Waals surface area contributed by atoms with E-state index in [4.69, 9.17) is 0 Å². The number of aryl methyl sites for hydroxylation is 1. The number of fused-ring (bicyclic) bond motifs is 4. The molecule has 0 N–H and O–H groups in total. The Kier molecular flexibility index (Phi) is 5.32. The summed E-state index contributed by atoms with van der Waals surface area (Å²) in [5, 5.41) is 0. The molecule has 1 aromatic carbocycles. The van der Waals surface area contributed by atoms with Crippen LogP contribution >= 0.6 is 0 Å². The fourth-order valence-electron chi connectivity index (χ4n) is 4.41. The molecule has 4 heteroatoms. The van der Waals surface area contributed by atoms with E-state index < -0.39 is 0 Å². The zero-order chi connectivity index (χ0) is 17.9. The first-order chi connectivity index (χ1) is 12.7. The van der Waals surface area contributed by atoms with E-state index in [2.05, 4.69) is 33.8 Å². The van der Waals surface area contributed by atoms with E-state index >= 15 is 0 Å². The SMILES string of the molecule is CCc1ccc(CN2C[C@H]3CC[C@@H]2CN(Cc2ccc(F)cc2)C3)nc1. The largest absolute Gasteiger partial charge is 0.297 e. The van der Waals surface area contributed by atoms with Gasteiger partial charge in [0.15, 0.2) is 0 Å². The molecule has 0 saturated carbocycles. The quantitative estimate of drug-likeness (QED) is 0.813. The van der Waals surface area contributed by atoms with Gasteiger partial charge >= 0.3 is 0 Å². The summed E-state index contributed by atoms with van der Waals surface area (Å²) in [4.78, 5) is 9.85. The summed E-state index contributed by atoms with van der Waals surface area (Å²) in [6.07, 6.45) is 5.66. The fourth-order valence-corrected chi connectivity index (χ4v) is 4.41. The third-order valence-electron chi connectivity index (χ3n) is 5.88. The second-order valence-corrected chi connectivity index (χ2v) is 7.86. The van der Waals surface area contributed by atoms with Gasteiger partial charge in [-0.3, -0.25) is 14.8 Å². The lowest BCUT2D eigenvalue weighted by molar-refractivity contribution is 0.121. The third-order valence-corrected chi connectivity index (χ3v) is 5.88. The van der Waals surface area contributed by atoms with Gasteiger partial charge in [0.2, 0.25) is 0 Å². The minimum atomic E-state index is -0.155. The van der Waals surface area contributed by atoms with E-state index in [9.17, 15) is 4.39 Å². The summed E-state index contributed by atoms with van der Waals surface area (Å²) >= 11 is 0. The molecular formula is C22H28FN3. The molecule has 0 unspecified atom stereocenters. The van der Waals surface area contributed by atoms with Gasteiger partial charge in [-0.25, -0.2) is 4.39 Å². The molecule has 0 radical (unpaired) electrons. The Bertz CT molecular complexity index is 713. The van der Waals surface area contributed by atoms with Crippen molar-refractivity contribution in [1.29, 1.82) is 0 Å². The number of hydrogen-bond acceptors (Lipinski definition) is 3. The van der Waals surface area contributed by atoms with Crippen LogP contribution in [0.15, 0.2) is 42.6 Å². The number of piperidine rings is 1. The maximum Gasteiger partial charge on any atom is 0.123 e. The van der Waals surface area contributed by atoms with Crippen LogP contribution in [0.2, 0.25) is 0 Å². The highest BCUT2D eigenvalue weighted by Crippen LogP contribution is 2.29. The maximum absolute atomic E-state index is 13.1. The maximum atomic E-state index is 13.1. The van der Waals surface area contributed by atoms with Gasteiger partial charge in [0, 0.05) is 45.0 Å². The first-order valence-electron chi connectivity index (χ1n) is 9.84. The highest BCUT2D eigenvalue weighted by molar-refractivity contribution is 5.16. The highest BCUT2D eigenvalue weighted by atomic mass is 19.1. The second-order valence-electron chi connectivity index (χ2n) is 7.86. The van der Waals surface area contributed by atoms with Gasteiger partial charge in [-0.2, -0.15) is 0 Å². The van der Waals surface area contributed by atoms with Crippen LogP contribution in [0, 0.1) is 11.7 Å². The number of benzene rings is 1. The predicted molar refractivity (Wildman–Crippen MR) is 102 cm³/mol. The summed E-state index contributed by atoms with van der Waals surface area (Å²) in [7, 11) is 0. The molecule has 3 saturated heterocycles. The van der Waals surface area contributed by atoms with Crippen LogP contribution in [0.4, 0.5) is 4.39 Å². The summed E-state index contributed by atoms with van der Waals surface area (Å²) in [5.74, 6) is 0.571. The molecular weight excluding hydrogens is 325 g/mol. The van der Waals surface area contributed by atoms with E-state index in [1.807, 2.05) is 18.3 Å². The molecule has 4 heterocycles. The van der Waals surface area contributed by atoms with Crippen molar-refractivity contribution >= 4 is 0 Å². The highest BCUT2D eigenvalue weighted by Gasteiger charge is 2.34. The first kappa shape index (κ1) is 17.6. The number of hydrogen-bond donors (Lipinski definition) is 0. The summed E-state index contributed by atoms with van der Waals surface area (Å²) < 4.78 is 13.1. The van der Waals surface area contributed by atoms with Crippen molar-refractivity contribution < 1.29 is 4.39 Å². The lowest BCUT2D eigenvalue weighted by Crippen LogP contribution is -2.43. The molecule has 3 aliphatic rings. The molecule has 2 bridgehead atoms. The van der Waals surface area contributed by atoms with Gasteiger partial charge in [0.1, 0.15) is 5.82 Å². The molecule has 3 fully saturated rings. The van der Waals surface area contributed by atoms with E-state index in [1.165, 1.54) is 36.2 Å². The standard InChI is InChI=1S/C22H28FN3/c1-2-17-5-9-21(24-11-17)15-26-14-19-6-10-22(26)16-25(13-19)12-18-3-7-20(23)8-4-18/h3-5,7-9,11,19,22H,2,6,10,12-16H2,1H3/t19-,22+/m0/s1. The molecule has 2 atom stereocenters. The van der Waals surface area contributed by atoms with Gasteiger partial charge in [-0.05, 0) is 54.5 Å². The van der Waals surface area contributed by atoms with E-state index in [1.54, 1.807) is 12.1 Å². The van der Waals surface area contributed by atoms with Gasteiger partial charge in [-0.15, -0.1) is 0 Å². The average Bonchev–Trinajstić information content (AvgIpc) is 2.95. The average molecular weight is 353 g/mol. The van der Waals surface area contributed by atoms with Crippen LogP contribution in [-0.2, 0) is 19.5 Å². The van der Waals surface area contributed by atoms with Crippen LogP contribution < -0.4 is 0 Å². The second kappa shape index (κ2) is 7.85. The summed E-state index contributed by atoms with van der Waals surface area (Å²) in [6.45, 7) is 7.45. The Hall–Kier alpha value is -1.78. The minimum Gasteiger partial charge on any atom is -0.297 e.